The summed E-state index contributed by atoms with van der Waals surface area (Å²) in [5.41, 5.74) is -3.46. The summed E-state index contributed by atoms with van der Waals surface area (Å²) in [5.74, 6) is -3.01. The van der Waals surface area contributed by atoms with E-state index >= 15 is 0 Å². The van der Waals surface area contributed by atoms with E-state index in [1.54, 1.807) is 0 Å². The molecule has 2 heterocycles. The van der Waals surface area contributed by atoms with Gasteiger partial charge in [-0.05, 0) is 6.92 Å². The second kappa shape index (κ2) is 4.82. The summed E-state index contributed by atoms with van der Waals surface area (Å²) in [4.78, 5) is 25.4. The van der Waals surface area contributed by atoms with Gasteiger partial charge in [0.1, 0.15) is 33.5 Å². The van der Waals surface area contributed by atoms with E-state index < -0.39 is 40.3 Å². The van der Waals surface area contributed by atoms with Crippen molar-refractivity contribution >= 4 is 23.5 Å². The topological polar surface area (TPSA) is 125 Å². The summed E-state index contributed by atoms with van der Waals surface area (Å²) in [5, 5.41) is 27.9. The Bertz CT molecular complexity index is 718. The molecule has 0 aromatic carbocycles. The second-order valence-electron chi connectivity index (χ2n) is 6.19. The summed E-state index contributed by atoms with van der Waals surface area (Å²) >= 11 is 0. The second-order valence-corrected chi connectivity index (χ2v) is 6.19. The predicted molar refractivity (Wildman–Crippen MR) is 81.6 cm³/mol. The van der Waals surface area contributed by atoms with Crippen LogP contribution in [0, 0.1) is 6.92 Å². The Morgan fingerprint density at radius 2 is 1.95 bits per heavy atom. The van der Waals surface area contributed by atoms with E-state index in [4.69, 9.17) is 4.74 Å². The molecule has 12 heteroatoms. The van der Waals surface area contributed by atoms with Crippen molar-refractivity contribution in [1.29, 1.82) is 0 Å². The van der Waals surface area contributed by atoms with Crippen LogP contribution < -0.4 is 11.2 Å². The third kappa shape index (κ3) is 2.18. The average molecular weight is 312 g/mol. The Hall–Kier alpha value is -1.36. The number of halogens is 1. The first kappa shape index (κ1) is 17.0. The Morgan fingerprint density at radius 1 is 1.41 bits per heavy atom. The highest BCUT2D eigenvalue weighted by Gasteiger charge is 2.67. The fourth-order valence-electron chi connectivity index (χ4n) is 2.49. The Kier molecular flexibility index (Phi) is 3.73. The maximum Gasteiger partial charge on any atom is 0.330 e. The number of hydrogen-bond donors (Lipinski definition) is 4. The van der Waals surface area contributed by atoms with E-state index in [-0.39, 0.29) is 5.56 Å². The molecule has 22 heavy (non-hydrogen) atoms. The smallest absolute Gasteiger partial charge is 0.330 e. The molecular formula is C10H16B3FN2O6. The van der Waals surface area contributed by atoms with Crippen LogP contribution in [-0.4, -0.2) is 71.9 Å². The minimum atomic E-state index is -3.01. The molecular weight excluding hydrogens is 296 g/mol. The number of H-pyrrole nitrogens is 1. The highest BCUT2D eigenvalue weighted by Crippen LogP contribution is 2.44. The highest BCUT2D eigenvalue weighted by atomic mass is 19.2. The zero-order chi connectivity index (χ0) is 17.1. The van der Waals surface area contributed by atoms with Crippen LogP contribution in [-0.2, 0) is 10.4 Å². The standard InChI is InChI=1S/C10H16B3FN2O6/c1-3-2-16(7(20)15-6(3)19)9(11)5(18)4(17)8(14,22-9)10(12,13)21/h2,4-5,17-18,21H,11-13H2,1H3,(H,15,19,20)/t4-,5+,8-,9-/m0/s1. The number of aryl methyl sites for hydroxylation is 1. The minimum Gasteiger partial charge on any atom is -0.402 e. The zero-order valence-corrected chi connectivity index (χ0v) is 12.6. The van der Waals surface area contributed by atoms with E-state index in [1.807, 2.05) is 4.98 Å². The van der Waals surface area contributed by atoms with E-state index in [9.17, 15) is 29.3 Å². The van der Waals surface area contributed by atoms with Gasteiger partial charge in [-0.2, -0.15) is 0 Å². The molecule has 118 valence electrons. The van der Waals surface area contributed by atoms with Crippen LogP contribution in [0.2, 0.25) is 0 Å². The van der Waals surface area contributed by atoms with Crippen LogP contribution in [0.4, 0.5) is 4.39 Å². The number of aliphatic hydroxyl groups is 3. The van der Waals surface area contributed by atoms with Crippen molar-refractivity contribution in [1.82, 2.24) is 9.55 Å². The van der Waals surface area contributed by atoms with Gasteiger partial charge in [-0.1, -0.05) is 0 Å². The number of nitrogens with zero attached hydrogens (tertiary/aromatic N) is 1. The summed E-state index contributed by atoms with van der Waals surface area (Å²) in [6.07, 6.45) is -2.86. The fraction of sp³-hybridized carbons (Fsp3) is 0.600. The van der Waals surface area contributed by atoms with Gasteiger partial charge in [0, 0.05) is 11.8 Å². The van der Waals surface area contributed by atoms with Gasteiger partial charge in [-0.15, -0.1) is 0 Å². The van der Waals surface area contributed by atoms with Crippen molar-refractivity contribution in [2.45, 2.75) is 36.0 Å². The van der Waals surface area contributed by atoms with Gasteiger partial charge in [-0.25, -0.2) is 9.18 Å². The molecule has 0 unspecified atom stereocenters. The van der Waals surface area contributed by atoms with Crippen molar-refractivity contribution in [3.63, 3.8) is 0 Å². The minimum absolute atomic E-state index is 0.130. The SMILES string of the molecule is BC(B)(O)[C@@]1(F)O[C@@](B)(n2cc(C)c(=O)[nH]c2=O)[C@H](O)[C@@H]1O. The molecule has 0 aliphatic carbocycles. The molecule has 0 bridgehead atoms. The van der Waals surface area contributed by atoms with Crippen LogP contribution in [0.25, 0.3) is 0 Å². The van der Waals surface area contributed by atoms with Gasteiger partial charge in [0.15, 0.2) is 7.85 Å². The quantitative estimate of drug-likeness (QED) is 0.404. The lowest BCUT2D eigenvalue weighted by atomic mass is 9.59. The number of hydrogen-bond acceptors (Lipinski definition) is 6. The number of rotatable bonds is 2. The van der Waals surface area contributed by atoms with Gasteiger partial charge in [-0.3, -0.25) is 14.3 Å². The summed E-state index contributed by atoms with van der Waals surface area (Å²) in [6.45, 7) is 1.41. The van der Waals surface area contributed by atoms with E-state index in [0.717, 1.165) is 26.5 Å². The largest absolute Gasteiger partial charge is 0.402 e. The molecule has 2 rings (SSSR count). The van der Waals surface area contributed by atoms with Crippen molar-refractivity contribution < 1.29 is 24.4 Å². The summed E-state index contributed by atoms with van der Waals surface area (Å²) in [6, 6.07) is 0. The molecule has 0 radical (unpaired) electrons. The molecule has 1 aliphatic rings. The average Bonchev–Trinajstić information content (AvgIpc) is 2.56. The van der Waals surface area contributed by atoms with Crippen LogP contribution in [0.1, 0.15) is 5.56 Å². The Labute approximate surface area is 127 Å². The van der Waals surface area contributed by atoms with E-state index in [1.165, 1.54) is 14.8 Å². The number of aliphatic hydroxyl groups excluding tert-OH is 2. The van der Waals surface area contributed by atoms with E-state index in [2.05, 4.69) is 0 Å². The first-order valence-electron chi connectivity index (χ1n) is 6.65. The van der Waals surface area contributed by atoms with E-state index in [0.29, 0.717) is 0 Å². The van der Waals surface area contributed by atoms with Crippen molar-refractivity contribution in [3.8, 4) is 0 Å². The van der Waals surface area contributed by atoms with Gasteiger partial charge in [0.05, 0.1) is 5.40 Å². The van der Waals surface area contributed by atoms with Crippen molar-refractivity contribution in [3.05, 3.63) is 32.6 Å². The predicted octanol–water partition coefficient (Wildman–Crippen LogP) is -5.58. The molecule has 4 atom stereocenters. The Balaban J connectivity index is 2.64. The maximum absolute atomic E-state index is 14.9. The third-order valence-corrected chi connectivity index (χ3v) is 4.02. The first-order valence-corrected chi connectivity index (χ1v) is 6.65. The molecule has 1 aliphatic heterocycles. The lowest BCUT2D eigenvalue weighted by Gasteiger charge is -2.36. The number of nitrogens with one attached hydrogen (secondary N) is 1. The molecule has 1 fully saturated rings. The normalized spacial score (nSPS) is 35.7. The lowest BCUT2D eigenvalue weighted by Crippen LogP contribution is -2.59. The molecule has 0 amide bonds. The number of alkyl halides is 1. The molecule has 0 saturated carbocycles. The van der Waals surface area contributed by atoms with Crippen molar-refractivity contribution in [2.75, 3.05) is 0 Å². The maximum atomic E-state index is 14.9. The van der Waals surface area contributed by atoms with Crippen LogP contribution in [0.5, 0.6) is 0 Å². The lowest BCUT2D eigenvalue weighted by molar-refractivity contribution is -0.243. The van der Waals surface area contributed by atoms with Gasteiger partial charge < -0.3 is 20.1 Å². The van der Waals surface area contributed by atoms with Crippen LogP contribution >= 0.6 is 0 Å². The third-order valence-electron chi connectivity index (χ3n) is 4.02. The van der Waals surface area contributed by atoms with Gasteiger partial charge >= 0.3 is 5.69 Å². The summed E-state index contributed by atoms with van der Waals surface area (Å²) in [7, 11) is 3.30. The summed E-state index contributed by atoms with van der Waals surface area (Å²) < 4.78 is 20.8. The molecule has 1 aromatic heterocycles. The van der Waals surface area contributed by atoms with Crippen molar-refractivity contribution in [2.24, 2.45) is 0 Å². The number of ether oxygens (including phenoxy) is 1. The number of aromatic amines is 1. The first-order chi connectivity index (χ1) is 9.84. The fourth-order valence-corrected chi connectivity index (χ4v) is 2.49. The van der Waals surface area contributed by atoms with Crippen LogP contribution in [0.15, 0.2) is 15.8 Å². The van der Waals surface area contributed by atoms with Gasteiger partial charge in [0.2, 0.25) is 0 Å². The molecule has 1 saturated heterocycles. The van der Waals surface area contributed by atoms with Crippen LogP contribution in [0.3, 0.4) is 0 Å². The monoisotopic (exact) mass is 312 g/mol. The molecule has 8 nitrogen and oxygen atoms in total. The van der Waals surface area contributed by atoms with Gasteiger partial charge in [0.25, 0.3) is 11.4 Å². The molecule has 4 N–H and O–H groups in total. The highest BCUT2D eigenvalue weighted by molar-refractivity contribution is 6.39. The zero-order valence-electron chi connectivity index (χ0n) is 12.6. The molecule has 1 aromatic rings. The Morgan fingerprint density at radius 3 is 2.41 bits per heavy atom. The molecule has 0 spiro atoms. The number of aromatic nitrogens is 2.